The van der Waals surface area contributed by atoms with Crippen molar-refractivity contribution in [3.63, 3.8) is 0 Å². The van der Waals surface area contributed by atoms with Gasteiger partial charge in [-0.05, 0) is 49.8 Å². The summed E-state index contributed by atoms with van der Waals surface area (Å²) in [6, 6.07) is 12.9. The van der Waals surface area contributed by atoms with Crippen LogP contribution in [0.2, 0.25) is 5.02 Å². The lowest BCUT2D eigenvalue weighted by molar-refractivity contribution is -0.111. The smallest absolute Gasteiger partial charge is 0.308 e. The second-order valence-corrected chi connectivity index (χ2v) is 7.26. The normalized spacial score (nSPS) is 11.5. The molecule has 1 aromatic heterocycles. The van der Waals surface area contributed by atoms with Gasteiger partial charge in [-0.3, -0.25) is 14.2 Å². The van der Waals surface area contributed by atoms with Gasteiger partial charge in [0.1, 0.15) is 0 Å². The van der Waals surface area contributed by atoms with Crippen molar-refractivity contribution in [3.05, 3.63) is 68.8 Å². The fraction of sp³-hybridized carbons (Fsp3) is 0.158. The number of hydrogen-bond acceptors (Lipinski definition) is 3. The number of carbonyl (C=O) groups excluding carboxylic acids is 1. The lowest BCUT2D eigenvalue weighted by Crippen LogP contribution is -2.14. The maximum absolute atomic E-state index is 12.1. The van der Waals surface area contributed by atoms with Gasteiger partial charge < -0.3 is 5.32 Å². The maximum Gasteiger partial charge on any atom is 0.308 e. The molecule has 0 fully saturated rings. The van der Waals surface area contributed by atoms with Gasteiger partial charge in [0.15, 0.2) is 0 Å². The van der Waals surface area contributed by atoms with Crippen LogP contribution in [0.1, 0.15) is 25.5 Å². The lowest BCUT2D eigenvalue weighted by atomic mass is 10.2. The zero-order valence-corrected chi connectivity index (χ0v) is 15.4. The van der Waals surface area contributed by atoms with E-state index in [0.29, 0.717) is 10.7 Å². The lowest BCUT2D eigenvalue weighted by Gasteiger charge is -2.08. The number of hydrogen-bond donors (Lipinski definition) is 1. The Bertz CT molecular complexity index is 1020. The van der Waals surface area contributed by atoms with E-state index in [1.807, 2.05) is 44.2 Å². The van der Waals surface area contributed by atoms with Gasteiger partial charge in [0, 0.05) is 22.8 Å². The van der Waals surface area contributed by atoms with Crippen LogP contribution in [0.4, 0.5) is 5.69 Å². The topological polar surface area (TPSA) is 51.1 Å². The van der Waals surface area contributed by atoms with Crippen molar-refractivity contribution in [3.8, 4) is 0 Å². The number of benzene rings is 2. The SMILES string of the molecule is CC(C)n1c(=O)sc2cc(NC(=O)/C=C/c3ccccc3Cl)ccc21. The summed E-state index contributed by atoms with van der Waals surface area (Å²) in [7, 11) is 0. The monoisotopic (exact) mass is 372 g/mol. The van der Waals surface area contributed by atoms with Gasteiger partial charge in [0.05, 0.1) is 10.2 Å². The van der Waals surface area contributed by atoms with Gasteiger partial charge in [0.2, 0.25) is 5.91 Å². The van der Waals surface area contributed by atoms with E-state index in [4.69, 9.17) is 11.6 Å². The van der Waals surface area contributed by atoms with Crippen molar-refractivity contribution < 1.29 is 4.79 Å². The highest BCUT2D eigenvalue weighted by Crippen LogP contribution is 2.24. The summed E-state index contributed by atoms with van der Waals surface area (Å²) in [5, 5.41) is 3.40. The van der Waals surface area contributed by atoms with Crippen molar-refractivity contribution in [2.75, 3.05) is 5.32 Å². The van der Waals surface area contributed by atoms with Crippen LogP contribution in [0, 0.1) is 0 Å². The molecule has 2 aromatic carbocycles. The summed E-state index contributed by atoms with van der Waals surface area (Å²) in [5.74, 6) is -0.255. The highest BCUT2D eigenvalue weighted by molar-refractivity contribution is 7.16. The fourth-order valence-corrected chi connectivity index (χ4v) is 3.81. The summed E-state index contributed by atoms with van der Waals surface area (Å²) in [6.45, 7) is 3.95. The predicted molar refractivity (Wildman–Crippen MR) is 106 cm³/mol. The fourth-order valence-electron chi connectivity index (χ4n) is 2.56. The molecule has 0 unspecified atom stereocenters. The van der Waals surface area contributed by atoms with Crippen molar-refractivity contribution in [1.29, 1.82) is 0 Å². The number of rotatable bonds is 4. The average molecular weight is 373 g/mol. The molecule has 128 valence electrons. The second kappa shape index (κ2) is 7.25. The van der Waals surface area contributed by atoms with Crippen molar-refractivity contribution >= 4 is 50.8 Å². The minimum absolute atomic E-state index is 0.00657. The van der Waals surface area contributed by atoms with Crippen LogP contribution in [0.25, 0.3) is 16.3 Å². The molecular weight excluding hydrogens is 356 g/mol. The molecule has 0 spiro atoms. The van der Waals surface area contributed by atoms with Crippen LogP contribution in [0.15, 0.2) is 53.3 Å². The van der Waals surface area contributed by atoms with Gasteiger partial charge in [-0.2, -0.15) is 0 Å². The Morgan fingerprint density at radius 2 is 2.00 bits per heavy atom. The van der Waals surface area contributed by atoms with E-state index in [0.717, 1.165) is 15.8 Å². The zero-order chi connectivity index (χ0) is 18.0. The molecule has 0 bridgehead atoms. The third-order valence-corrected chi connectivity index (χ3v) is 4.98. The maximum atomic E-state index is 12.1. The molecule has 0 aliphatic heterocycles. The summed E-state index contributed by atoms with van der Waals surface area (Å²) in [4.78, 5) is 24.2. The number of anilines is 1. The summed E-state index contributed by atoms with van der Waals surface area (Å²) >= 11 is 7.24. The van der Waals surface area contributed by atoms with E-state index in [2.05, 4.69) is 5.32 Å². The number of fused-ring (bicyclic) bond motifs is 1. The first-order chi connectivity index (χ1) is 12.0. The third kappa shape index (κ3) is 3.83. The minimum Gasteiger partial charge on any atom is -0.322 e. The third-order valence-electron chi connectivity index (χ3n) is 3.72. The predicted octanol–water partition coefficient (Wildman–Crippen LogP) is 4.95. The number of aromatic nitrogens is 1. The van der Waals surface area contributed by atoms with Crippen LogP contribution in [0.5, 0.6) is 0 Å². The Morgan fingerprint density at radius 3 is 2.72 bits per heavy atom. The Balaban J connectivity index is 1.80. The van der Waals surface area contributed by atoms with Gasteiger partial charge in [-0.15, -0.1) is 0 Å². The molecule has 1 N–H and O–H groups in total. The molecular formula is C19H17ClN2O2S. The van der Waals surface area contributed by atoms with Crippen LogP contribution < -0.4 is 10.2 Å². The second-order valence-electron chi connectivity index (χ2n) is 5.86. The molecule has 0 radical (unpaired) electrons. The summed E-state index contributed by atoms with van der Waals surface area (Å²) < 4.78 is 2.61. The Kier molecular flexibility index (Phi) is 5.06. The van der Waals surface area contributed by atoms with Crippen molar-refractivity contribution in [2.45, 2.75) is 19.9 Å². The molecule has 1 amide bonds. The van der Waals surface area contributed by atoms with E-state index in [1.54, 1.807) is 22.8 Å². The number of nitrogens with one attached hydrogen (secondary N) is 1. The van der Waals surface area contributed by atoms with Crippen LogP contribution in [0.3, 0.4) is 0 Å². The van der Waals surface area contributed by atoms with Crippen molar-refractivity contribution in [1.82, 2.24) is 4.57 Å². The standard InChI is InChI=1S/C19H17ClN2O2S/c1-12(2)22-16-9-8-14(11-17(16)25-19(22)24)21-18(23)10-7-13-5-3-4-6-15(13)20/h3-12H,1-2H3,(H,21,23)/b10-7+. The quantitative estimate of drug-likeness (QED) is 0.659. The van der Waals surface area contributed by atoms with E-state index in [9.17, 15) is 9.59 Å². The number of amides is 1. The molecule has 3 aromatic rings. The molecule has 3 rings (SSSR count). The first-order valence-corrected chi connectivity index (χ1v) is 9.04. The first kappa shape index (κ1) is 17.5. The molecule has 0 aliphatic rings. The molecule has 6 heteroatoms. The Morgan fingerprint density at radius 1 is 1.24 bits per heavy atom. The van der Waals surface area contributed by atoms with Crippen LogP contribution in [-0.4, -0.2) is 10.5 Å². The van der Waals surface area contributed by atoms with E-state index < -0.39 is 0 Å². The number of thiazole rings is 1. The summed E-state index contributed by atoms with van der Waals surface area (Å²) in [5.41, 5.74) is 2.31. The Hall–Kier alpha value is -2.37. The van der Waals surface area contributed by atoms with E-state index in [-0.39, 0.29) is 16.8 Å². The molecule has 0 atom stereocenters. The number of carbonyl (C=O) groups is 1. The number of nitrogens with zero attached hydrogens (tertiary/aromatic N) is 1. The molecule has 4 nitrogen and oxygen atoms in total. The van der Waals surface area contributed by atoms with E-state index >= 15 is 0 Å². The van der Waals surface area contributed by atoms with Gasteiger partial charge in [-0.25, -0.2) is 0 Å². The minimum atomic E-state index is -0.255. The highest BCUT2D eigenvalue weighted by atomic mass is 35.5. The Labute approximate surface area is 154 Å². The van der Waals surface area contributed by atoms with Crippen LogP contribution >= 0.6 is 22.9 Å². The highest BCUT2D eigenvalue weighted by Gasteiger charge is 2.11. The van der Waals surface area contributed by atoms with Crippen molar-refractivity contribution in [2.24, 2.45) is 0 Å². The largest absolute Gasteiger partial charge is 0.322 e. The molecule has 0 saturated heterocycles. The van der Waals surface area contributed by atoms with E-state index in [1.165, 1.54) is 17.4 Å². The molecule has 0 aliphatic carbocycles. The van der Waals surface area contributed by atoms with Crippen LogP contribution in [-0.2, 0) is 4.79 Å². The van der Waals surface area contributed by atoms with Gasteiger partial charge in [-0.1, -0.05) is 41.1 Å². The number of halogens is 1. The molecule has 0 saturated carbocycles. The molecule has 25 heavy (non-hydrogen) atoms. The zero-order valence-electron chi connectivity index (χ0n) is 13.8. The van der Waals surface area contributed by atoms with Gasteiger partial charge in [0.25, 0.3) is 0 Å². The summed E-state index contributed by atoms with van der Waals surface area (Å²) in [6.07, 6.45) is 3.11. The average Bonchev–Trinajstić information content (AvgIpc) is 2.89. The first-order valence-electron chi connectivity index (χ1n) is 7.84. The molecule has 1 heterocycles. The van der Waals surface area contributed by atoms with Gasteiger partial charge >= 0.3 is 4.87 Å².